The van der Waals surface area contributed by atoms with Gasteiger partial charge in [-0.1, -0.05) is 29.8 Å². The molecule has 0 spiro atoms. The fourth-order valence-electron chi connectivity index (χ4n) is 3.68. The van der Waals surface area contributed by atoms with Crippen LogP contribution in [0.2, 0.25) is 0 Å². The molecule has 1 amide bonds. The van der Waals surface area contributed by atoms with Crippen molar-refractivity contribution in [2.24, 2.45) is 0 Å². The summed E-state index contributed by atoms with van der Waals surface area (Å²) in [5.74, 6) is -0.109. The van der Waals surface area contributed by atoms with E-state index in [0.29, 0.717) is 31.9 Å². The van der Waals surface area contributed by atoms with Gasteiger partial charge in [-0.05, 0) is 37.5 Å². The van der Waals surface area contributed by atoms with Crippen molar-refractivity contribution in [2.75, 3.05) is 13.2 Å². The van der Waals surface area contributed by atoms with Crippen molar-refractivity contribution in [3.8, 4) is 0 Å². The van der Waals surface area contributed by atoms with E-state index in [9.17, 15) is 9.59 Å². The zero-order valence-electron chi connectivity index (χ0n) is 15.9. The van der Waals surface area contributed by atoms with E-state index in [1.807, 2.05) is 37.3 Å². The van der Waals surface area contributed by atoms with Crippen LogP contribution < -0.4 is 11.0 Å². The molecule has 3 heterocycles. The number of benzene rings is 1. The van der Waals surface area contributed by atoms with E-state index in [2.05, 4.69) is 16.4 Å². The maximum atomic E-state index is 13.1. The molecule has 0 saturated carbocycles. The molecule has 28 heavy (non-hydrogen) atoms. The Morgan fingerprint density at radius 2 is 2.18 bits per heavy atom. The topological polar surface area (TPSA) is 78.2 Å². The Bertz CT molecular complexity index is 1050. The SMILES string of the molecule is Cc1cccc(Cn2c(=O)n(CCNC(=O)[C@H]3CCCO3)c3ncccc32)c1. The molecule has 0 aliphatic carbocycles. The Balaban J connectivity index is 1.56. The molecule has 1 aliphatic heterocycles. The lowest BCUT2D eigenvalue weighted by atomic mass is 10.1. The predicted molar refractivity (Wildman–Crippen MR) is 106 cm³/mol. The average Bonchev–Trinajstić information content (AvgIpc) is 3.31. The number of nitrogens with zero attached hydrogens (tertiary/aromatic N) is 3. The van der Waals surface area contributed by atoms with Crippen LogP contribution in [-0.2, 0) is 22.6 Å². The highest BCUT2D eigenvalue weighted by atomic mass is 16.5. The lowest BCUT2D eigenvalue weighted by molar-refractivity contribution is -0.130. The average molecular weight is 380 g/mol. The molecule has 2 aromatic heterocycles. The molecule has 0 radical (unpaired) electrons. The number of nitrogens with one attached hydrogen (secondary N) is 1. The molecule has 146 valence electrons. The van der Waals surface area contributed by atoms with E-state index in [4.69, 9.17) is 4.74 Å². The Morgan fingerprint density at radius 3 is 2.96 bits per heavy atom. The van der Waals surface area contributed by atoms with Gasteiger partial charge in [0.25, 0.3) is 0 Å². The highest BCUT2D eigenvalue weighted by Gasteiger charge is 2.23. The first-order chi connectivity index (χ1) is 13.6. The Kier molecular flexibility index (Phi) is 5.25. The number of amides is 1. The molecule has 1 aromatic carbocycles. The fraction of sp³-hybridized carbons (Fsp3) is 0.381. The molecule has 1 atom stereocenters. The van der Waals surface area contributed by atoms with E-state index < -0.39 is 0 Å². The second-order valence-electron chi connectivity index (χ2n) is 7.15. The van der Waals surface area contributed by atoms with Crippen LogP contribution in [0, 0.1) is 6.92 Å². The first-order valence-corrected chi connectivity index (χ1v) is 9.62. The molecule has 1 aliphatic rings. The molecule has 1 fully saturated rings. The van der Waals surface area contributed by atoms with Crippen molar-refractivity contribution in [1.29, 1.82) is 0 Å². The van der Waals surface area contributed by atoms with E-state index in [1.165, 1.54) is 0 Å². The third-order valence-corrected chi connectivity index (χ3v) is 5.05. The molecular weight excluding hydrogens is 356 g/mol. The van der Waals surface area contributed by atoms with Gasteiger partial charge in [0, 0.05) is 25.9 Å². The summed E-state index contributed by atoms with van der Waals surface area (Å²) >= 11 is 0. The van der Waals surface area contributed by atoms with Gasteiger partial charge in [0.1, 0.15) is 6.10 Å². The fourth-order valence-corrected chi connectivity index (χ4v) is 3.68. The summed E-state index contributed by atoms with van der Waals surface area (Å²) in [5, 5.41) is 2.87. The first kappa shape index (κ1) is 18.4. The molecule has 7 nitrogen and oxygen atoms in total. The second kappa shape index (κ2) is 7.98. The highest BCUT2D eigenvalue weighted by Crippen LogP contribution is 2.14. The number of rotatable bonds is 6. The van der Waals surface area contributed by atoms with Crippen molar-refractivity contribution >= 4 is 17.1 Å². The second-order valence-corrected chi connectivity index (χ2v) is 7.15. The van der Waals surface area contributed by atoms with Crippen molar-refractivity contribution in [3.63, 3.8) is 0 Å². The Hall–Kier alpha value is -2.93. The summed E-state index contributed by atoms with van der Waals surface area (Å²) in [6.07, 6.45) is 2.98. The third kappa shape index (κ3) is 3.71. The van der Waals surface area contributed by atoms with Gasteiger partial charge in [0.2, 0.25) is 5.91 Å². The summed E-state index contributed by atoms with van der Waals surface area (Å²) in [4.78, 5) is 29.6. The number of imidazole rings is 1. The number of aromatic nitrogens is 3. The zero-order valence-corrected chi connectivity index (χ0v) is 15.9. The molecular formula is C21H24N4O3. The van der Waals surface area contributed by atoms with Gasteiger partial charge in [0.05, 0.1) is 12.1 Å². The van der Waals surface area contributed by atoms with Gasteiger partial charge >= 0.3 is 5.69 Å². The smallest absolute Gasteiger partial charge is 0.330 e. The molecule has 0 unspecified atom stereocenters. The largest absolute Gasteiger partial charge is 0.368 e. The van der Waals surface area contributed by atoms with Crippen LogP contribution in [0.15, 0.2) is 47.4 Å². The van der Waals surface area contributed by atoms with Crippen LogP contribution in [0.3, 0.4) is 0 Å². The van der Waals surface area contributed by atoms with Gasteiger partial charge in [-0.2, -0.15) is 0 Å². The van der Waals surface area contributed by atoms with E-state index in [1.54, 1.807) is 15.3 Å². The van der Waals surface area contributed by atoms with Gasteiger partial charge in [0.15, 0.2) is 5.65 Å². The normalized spacial score (nSPS) is 16.5. The molecule has 4 rings (SSSR count). The van der Waals surface area contributed by atoms with Gasteiger partial charge in [-0.25, -0.2) is 9.78 Å². The summed E-state index contributed by atoms with van der Waals surface area (Å²) in [5.41, 5.74) is 3.52. The Labute approximate surface area is 163 Å². The quantitative estimate of drug-likeness (QED) is 0.708. The van der Waals surface area contributed by atoms with Crippen LogP contribution in [0.1, 0.15) is 24.0 Å². The van der Waals surface area contributed by atoms with Crippen LogP contribution in [-0.4, -0.2) is 39.3 Å². The van der Waals surface area contributed by atoms with Crippen molar-refractivity contribution < 1.29 is 9.53 Å². The number of aryl methyl sites for hydroxylation is 1. The highest BCUT2D eigenvalue weighted by molar-refractivity contribution is 5.81. The van der Waals surface area contributed by atoms with Gasteiger partial charge < -0.3 is 10.1 Å². The lowest BCUT2D eigenvalue weighted by Gasteiger charge is -2.10. The molecule has 7 heteroatoms. The van der Waals surface area contributed by atoms with E-state index in [0.717, 1.165) is 29.5 Å². The number of fused-ring (bicyclic) bond motifs is 1. The summed E-state index contributed by atoms with van der Waals surface area (Å²) in [6.45, 7) is 3.88. The summed E-state index contributed by atoms with van der Waals surface area (Å²) < 4.78 is 8.76. The van der Waals surface area contributed by atoms with E-state index >= 15 is 0 Å². The third-order valence-electron chi connectivity index (χ3n) is 5.05. The molecule has 1 saturated heterocycles. The lowest BCUT2D eigenvalue weighted by Crippen LogP contribution is -2.37. The van der Waals surface area contributed by atoms with Crippen LogP contribution >= 0.6 is 0 Å². The number of pyridine rings is 1. The van der Waals surface area contributed by atoms with Crippen molar-refractivity contribution in [2.45, 2.75) is 39.0 Å². The zero-order chi connectivity index (χ0) is 19.5. The van der Waals surface area contributed by atoms with Crippen LogP contribution in [0.4, 0.5) is 0 Å². The van der Waals surface area contributed by atoms with Crippen molar-refractivity contribution in [3.05, 3.63) is 64.2 Å². The summed E-state index contributed by atoms with van der Waals surface area (Å²) in [7, 11) is 0. The van der Waals surface area contributed by atoms with Gasteiger partial charge in [-0.15, -0.1) is 0 Å². The minimum Gasteiger partial charge on any atom is -0.368 e. The minimum atomic E-state index is -0.363. The number of carbonyl (C=O) groups is 1. The van der Waals surface area contributed by atoms with Gasteiger partial charge in [-0.3, -0.25) is 13.9 Å². The van der Waals surface area contributed by atoms with Crippen LogP contribution in [0.25, 0.3) is 11.2 Å². The number of carbonyl (C=O) groups excluding carboxylic acids is 1. The maximum absolute atomic E-state index is 13.1. The number of hydrogen-bond acceptors (Lipinski definition) is 4. The minimum absolute atomic E-state index is 0.109. The Morgan fingerprint density at radius 1 is 1.29 bits per heavy atom. The summed E-state index contributed by atoms with van der Waals surface area (Å²) in [6, 6.07) is 11.9. The van der Waals surface area contributed by atoms with Crippen molar-refractivity contribution in [1.82, 2.24) is 19.4 Å². The molecule has 0 bridgehead atoms. The molecule has 1 N–H and O–H groups in total. The standard InChI is InChI=1S/C21H24N4O3/c1-15-5-2-6-16(13-15)14-25-17-7-3-9-22-19(17)24(21(25)27)11-10-23-20(26)18-8-4-12-28-18/h2-3,5-7,9,13,18H,4,8,10-12,14H2,1H3,(H,23,26)/t18-/m1/s1. The predicted octanol–water partition coefficient (Wildman–Crippen LogP) is 1.85. The monoisotopic (exact) mass is 380 g/mol. The number of hydrogen-bond donors (Lipinski definition) is 1. The van der Waals surface area contributed by atoms with E-state index in [-0.39, 0.29) is 17.7 Å². The first-order valence-electron chi connectivity index (χ1n) is 9.62. The molecule has 3 aromatic rings. The maximum Gasteiger partial charge on any atom is 0.330 e. The van der Waals surface area contributed by atoms with Crippen LogP contribution in [0.5, 0.6) is 0 Å². The number of ether oxygens (including phenoxy) is 1.